The van der Waals surface area contributed by atoms with E-state index in [2.05, 4.69) is 63.8 Å². The van der Waals surface area contributed by atoms with E-state index in [1.807, 2.05) is 0 Å². The van der Waals surface area contributed by atoms with Crippen LogP contribution in [0, 0.1) is 0 Å². The maximum absolute atomic E-state index is 5.88. The number of ether oxygens (including phenoxy) is 1. The van der Waals surface area contributed by atoms with E-state index < -0.39 is 8.07 Å². The largest absolute Gasteiger partial charge is 0.377 e. The lowest BCUT2D eigenvalue weighted by molar-refractivity contribution is 0.168. The molecule has 0 heterocycles. The second-order valence-electron chi connectivity index (χ2n) is 6.63. The molecule has 2 heteroatoms. The van der Waals surface area contributed by atoms with Crippen molar-refractivity contribution in [3.63, 3.8) is 0 Å². The Hall–Kier alpha value is -0.863. The molecule has 1 rings (SSSR count). The summed E-state index contributed by atoms with van der Waals surface area (Å²) in [5.41, 5.74) is 4.17. The zero-order chi connectivity index (χ0) is 14.3. The average molecular weight is 276 g/mol. The number of hydrogen-bond donors (Lipinski definition) is 0. The maximum Gasteiger partial charge on any atom is 0.0682 e. The van der Waals surface area contributed by atoms with Crippen molar-refractivity contribution in [3.05, 3.63) is 47.0 Å². The van der Waals surface area contributed by atoms with Crippen LogP contribution in [0.5, 0.6) is 0 Å². The van der Waals surface area contributed by atoms with Crippen molar-refractivity contribution in [2.45, 2.75) is 46.0 Å². The van der Waals surface area contributed by atoms with Gasteiger partial charge in [0, 0.05) is 14.7 Å². The molecule has 0 radical (unpaired) electrons. The molecule has 0 fully saturated rings. The van der Waals surface area contributed by atoms with Crippen molar-refractivity contribution in [2.75, 3.05) is 13.2 Å². The highest BCUT2D eigenvalue weighted by Crippen LogP contribution is 2.14. The van der Waals surface area contributed by atoms with Crippen LogP contribution >= 0.6 is 0 Å². The molecule has 0 spiro atoms. The highest BCUT2D eigenvalue weighted by atomic mass is 28.3. The van der Waals surface area contributed by atoms with Crippen molar-refractivity contribution < 1.29 is 4.74 Å². The van der Waals surface area contributed by atoms with Crippen molar-refractivity contribution in [1.29, 1.82) is 0 Å². The monoisotopic (exact) mass is 276 g/mol. The van der Waals surface area contributed by atoms with E-state index in [1.54, 1.807) is 0 Å². The topological polar surface area (TPSA) is 9.23 Å². The van der Waals surface area contributed by atoms with Gasteiger partial charge in [-0.05, 0) is 37.4 Å². The van der Waals surface area contributed by atoms with Gasteiger partial charge in [-0.25, -0.2) is 0 Å². The average Bonchev–Trinajstić information content (AvgIpc) is 2.33. The second-order valence-corrected chi connectivity index (χ2v) is 12.3. The molecular formula is C17H28OSi. The van der Waals surface area contributed by atoms with Gasteiger partial charge in [0.15, 0.2) is 0 Å². The van der Waals surface area contributed by atoms with Crippen LogP contribution in [0.25, 0.3) is 0 Å². The molecule has 0 saturated heterocycles. The Kier molecular flexibility index (Phi) is 6.53. The third-order valence-corrected chi connectivity index (χ3v) is 4.94. The predicted octanol–water partition coefficient (Wildman–Crippen LogP) is 4.92. The predicted molar refractivity (Wildman–Crippen MR) is 87.5 cm³/mol. The molecule has 0 aromatic heterocycles. The Morgan fingerprint density at radius 1 is 1.05 bits per heavy atom. The highest BCUT2D eigenvalue weighted by molar-refractivity contribution is 6.76. The smallest absolute Gasteiger partial charge is 0.0682 e. The minimum absolute atomic E-state index is 0.779. The van der Waals surface area contributed by atoms with Gasteiger partial charge in [0.25, 0.3) is 0 Å². The molecular weight excluding hydrogens is 248 g/mol. The van der Waals surface area contributed by atoms with E-state index in [0.717, 1.165) is 19.6 Å². The fourth-order valence-corrected chi connectivity index (χ4v) is 2.54. The minimum atomic E-state index is -0.972. The number of rotatable bonds is 7. The van der Waals surface area contributed by atoms with E-state index in [-0.39, 0.29) is 0 Å². The second kappa shape index (κ2) is 7.66. The highest BCUT2D eigenvalue weighted by Gasteiger charge is 2.12. The van der Waals surface area contributed by atoms with Gasteiger partial charge in [-0.2, -0.15) is 0 Å². The third-order valence-electron chi connectivity index (χ3n) is 3.24. The van der Waals surface area contributed by atoms with Crippen LogP contribution in [0.1, 0.15) is 19.4 Å². The van der Waals surface area contributed by atoms with Crippen LogP contribution in [0.15, 0.2) is 41.5 Å². The summed E-state index contributed by atoms with van der Waals surface area (Å²) in [5.74, 6) is 0. The Morgan fingerprint density at radius 2 is 1.68 bits per heavy atom. The summed E-state index contributed by atoms with van der Waals surface area (Å²) in [6, 6.07) is 11.9. The minimum Gasteiger partial charge on any atom is -0.377 e. The summed E-state index contributed by atoms with van der Waals surface area (Å²) in [5, 5.41) is 0. The van der Waals surface area contributed by atoms with Crippen LogP contribution in [0.3, 0.4) is 0 Å². The molecule has 1 aromatic carbocycles. The van der Waals surface area contributed by atoms with Gasteiger partial charge in [-0.1, -0.05) is 55.5 Å². The lowest BCUT2D eigenvalue weighted by Gasteiger charge is -2.16. The van der Waals surface area contributed by atoms with Gasteiger partial charge < -0.3 is 4.74 Å². The Bertz CT molecular complexity index is 397. The summed E-state index contributed by atoms with van der Waals surface area (Å²) < 4.78 is 5.88. The first-order valence-corrected chi connectivity index (χ1v) is 10.9. The van der Waals surface area contributed by atoms with Crippen LogP contribution in [-0.2, 0) is 11.2 Å². The molecule has 0 unspecified atom stereocenters. The van der Waals surface area contributed by atoms with Crippen LogP contribution in [0.2, 0.25) is 25.7 Å². The van der Waals surface area contributed by atoms with Gasteiger partial charge in [-0.15, -0.1) is 0 Å². The van der Waals surface area contributed by atoms with Gasteiger partial charge in [0.1, 0.15) is 0 Å². The van der Waals surface area contributed by atoms with Crippen LogP contribution in [0.4, 0.5) is 0 Å². The summed E-state index contributed by atoms with van der Waals surface area (Å²) in [6.07, 6.45) is 1.01. The van der Waals surface area contributed by atoms with Gasteiger partial charge in [0.05, 0.1) is 6.61 Å². The van der Waals surface area contributed by atoms with Crippen molar-refractivity contribution in [1.82, 2.24) is 0 Å². The molecule has 19 heavy (non-hydrogen) atoms. The lowest BCUT2D eigenvalue weighted by Crippen LogP contribution is -2.22. The fraction of sp³-hybridized carbons (Fsp3) is 0.529. The molecule has 0 amide bonds. The Morgan fingerprint density at radius 3 is 2.21 bits per heavy atom. The van der Waals surface area contributed by atoms with Crippen molar-refractivity contribution in [2.24, 2.45) is 0 Å². The third kappa shape index (κ3) is 7.33. The zero-order valence-electron chi connectivity index (χ0n) is 13.1. The molecule has 0 N–H and O–H groups in total. The molecule has 1 nitrogen and oxygen atoms in total. The summed E-state index contributed by atoms with van der Waals surface area (Å²) in [6.45, 7) is 13.2. The fourth-order valence-electron chi connectivity index (χ4n) is 1.79. The summed E-state index contributed by atoms with van der Waals surface area (Å²) in [7, 11) is -0.972. The van der Waals surface area contributed by atoms with Crippen LogP contribution < -0.4 is 0 Å². The number of hydrogen-bond acceptors (Lipinski definition) is 1. The molecule has 0 aliphatic heterocycles. The Labute approximate surface area is 119 Å². The standard InChI is InChI=1S/C17H28OSi/c1-15(2)17(13-16-9-7-6-8-10-16)14-18-11-12-19(3,4)5/h6-10H,11-14H2,1-5H3. The maximum atomic E-state index is 5.88. The first-order valence-electron chi connectivity index (χ1n) is 7.15. The van der Waals surface area contributed by atoms with E-state index in [9.17, 15) is 0 Å². The summed E-state index contributed by atoms with van der Waals surface area (Å²) >= 11 is 0. The van der Waals surface area contributed by atoms with E-state index in [0.29, 0.717) is 0 Å². The normalized spacial score (nSPS) is 11.4. The molecule has 0 atom stereocenters. The van der Waals surface area contributed by atoms with Gasteiger partial charge in [0.2, 0.25) is 0 Å². The van der Waals surface area contributed by atoms with Gasteiger partial charge >= 0.3 is 0 Å². The van der Waals surface area contributed by atoms with Gasteiger partial charge in [-0.3, -0.25) is 0 Å². The molecule has 0 saturated carbocycles. The van der Waals surface area contributed by atoms with E-state index in [1.165, 1.54) is 22.8 Å². The first kappa shape index (κ1) is 16.2. The molecule has 1 aromatic rings. The van der Waals surface area contributed by atoms with Crippen molar-refractivity contribution >= 4 is 8.07 Å². The van der Waals surface area contributed by atoms with Crippen LogP contribution in [-0.4, -0.2) is 21.3 Å². The van der Waals surface area contributed by atoms with E-state index >= 15 is 0 Å². The Balaban J connectivity index is 2.45. The van der Waals surface area contributed by atoms with Crippen molar-refractivity contribution in [3.8, 4) is 0 Å². The number of benzene rings is 1. The lowest BCUT2D eigenvalue weighted by atomic mass is 10.0. The molecule has 0 aliphatic rings. The molecule has 0 aliphatic carbocycles. The molecule has 106 valence electrons. The SMILES string of the molecule is CC(C)=C(COCC[Si](C)(C)C)Cc1ccccc1. The molecule has 0 bridgehead atoms. The first-order chi connectivity index (χ1) is 8.88. The quantitative estimate of drug-likeness (QED) is 0.390. The van der Waals surface area contributed by atoms with E-state index in [4.69, 9.17) is 4.74 Å². The summed E-state index contributed by atoms with van der Waals surface area (Å²) in [4.78, 5) is 0. The number of allylic oxidation sites excluding steroid dienone is 1. The zero-order valence-corrected chi connectivity index (χ0v) is 14.1.